The maximum Gasteiger partial charge on any atom is 0.159 e. The van der Waals surface area contributed by atoms with Gasteiger partial charge < -0.3 is 9.47 Å². The zero-order valence-corrected chi connectivity index (χ0v) is 12.4. The molecule has 3 nitrogen and oxygen atoms in total. The number of ketones is 1. The van der Waals surface area contributed by atoms with Crippen LogP contribution < -0.4 is 0 Å². The first-order chi connectivity index (χ1) is 9.02. The van der Waals surface area contributed by atoms with E-state index in [1.54, 1.807) is 13.0 Å². The maximum absolute atomic E-state index is 11.5. The second-order valence-electron chi connectivity index (χ2n) is 5.13. The third kappa shape index (κ3) is 5.77. The lowest BCUT2D eigenvalue weighted by atomic mass is 10.1. The van der Waals surface area contributed by atoms with Crippen LogP contribution in [0.5, 0.6) is 0 Å². The summed E-state index contributed by atoms with van der Waals surface area (Å²) < 4.78 is 11.4. The van der Waals surface area contributed by atoms with Crippen molar-refractivity contribution < 1.29 is 14.3 Å². The topological polar surface area (TPSA) is 35.5 Å². The van der Waals surface area contributed by atoms with Gasteiger partial charge in [0.2, 0.25) is 0 Å². The van der Waals surface area contributed by atoms with Crippen LogP contribution in [0, 0.1) is 5.92 Å². The fraction of sp³-hybridized carbons (Fsp3) is 0.562. The van der Waals surface area contributed by atoms with E-state index < -0.39 is 0 Å². The molecule has 0 spiro atoms. The predicted molar refractivity (Wildman–Crippen MR) is 76.6 cm³/mol. The molecule has 0 aromatic heterocycles. The zero-order chi connectivity index (χ0) is 14.3. The average molecular weight is 264 g/mol. The van der Waals surface area contributed by atoms with Crippen molar-refractivity contribution in [1.82, 2.24) is 0 Å². The maximum atomic E-state index is 11.5. The Morgan fingerprint density at radius 1 is 1.32 bits per heavy atom. The quantitative estimate of drug-likeness (QED) is 0.702. The Labute approximate surface area is 116 Å². The normalized spacial score (nSPS) is 15.3. The van der Waals surface area contributed by atoms with Crippen molar-refractivity contribution in [3.8, 4) is 0 Å². The van der Waals surface area contributed by atoms with Crippen LogP contribution in [0.3, 0.4) is 0 Å². The van der Waals surface area contributed by atoms with Gasteiger partial charge in [0.05, 0.1) is 13.2 Å². The van der Waals surface area contributed by atoms with E-state index in [9.17, 15) is 4.79 Å². The van der Waals surface area contributed by atoms with Crippen LogP contribution in [-0.4, -0.2) is 19.0 Å². The van der Waals surface area contributed by atoms with E-state index in [0.29, 0.717) is 36.9 Å². The van der Waals surface area contributed by atoms with E-state index in [1.165, 1.54) is 0 Å². The molecule has 3 heteroatoms. The molecule has 106 valence electrons. The number of hydrogen-bond acceptors (Lipinski definition) is 3. The number of rotatable bonds is 7. The van der Waals surface area contributed by atoms with Gasteiger partial charge in [-0.3, -0.25) is 4.79 Å². The summed E-state index contributed by atoms with van der Waals surface area (Å²) in [5.41, 5.74) is 0.686. The van der Waals surface area contributed by atoms with Crippen molar-refractivity contribution >= 4 is 5.78 Å². The number of allylic oxidation sites excluding steroid dienone is 4. The van der Waals surface area contributed by atoms with Crippen molar-refractivity contribution in [1.29, 1.82) is 0 Å². The highest BCUT2D eigenvalue weighted by molar-refractivity contribution is 5.96. The molecule has 0 aromatic carbocycles. The summed E-state index contributed by atoms with van der Waals surface area (Å²) in [5.74, 6) is 2.09. The van der Waals surface area contributed by atoms with Crippen LogP contribution in [0.4, 0.5) is 0 Å². The Hall–Kier alpha value is -1.51. The van der Waals surface area contributed by atoms with Crippen molar-refractivity contribution in [3.63, 3.8) is 0 Å². The van der Waals surface area contributed by atoms with E-state index in [2.05, 4.69) is 20.8 Å². The van der Waals surface area contributed by atoms with Gasteiger partial charge in [-0.15, -0.1) is 0 Å². The Kier molecular flexibility index (Phi) is 6.40. The van der Waals surface area contributed by atoms with E-state index in [4.69, 9.17) is 9.47 Å². The van der Waals surface area contributed by atoms with Crippen molar-refractivity contribution in [2.75, 3.05) is 13.2 Å². The lowest BCUT2D eigenvalue weighted by Gasteiger charge is -2.11. The van der Waals surface area contributed by atoms with Gasteiger partial charge in [0.1, 0.15) is 11.5 Å². The van der Waals surface area contributed by atoms with Crippen LogP contribution in [0.2, 0.25) is 0 Å². The van der Waals surface area contributed by atoms with Crippen LogP contribution in [0.1, 0.15) is 40.5 Å². The molecule has 0 bridgehead atoms. The van der Waals surface area contributed by atoms with Crippen molar-refractivity contribution in [3.05, 3.63) is 35.3 Å². The molecule has 0 N–H and O–H groups in total. The van der Waals surface area contributed by atoms with Crippen LogP contribution in [0.25, 0.3) is 0 Å². The molecule has 0 saturated heterocycles. The largest absolute Gasteiger partial charge is 0.497 e. The third-order valence-corrected chi connectivity index (χ3v) is 2.61. The predicted octanol–water partition coefficient (Wildman–Crippen LogP) is 3.77. The molecule has 0 saturated carbocycles. The monoisotopic (exact) mass is 264 g/mol. The number of ether oxygens (including phenoxy) is 2. The summed E-state index contributed by atoms with van der Waals surface area (Å²) in [7, 11) is 0. The van der Waals surface area contributed by atoms with Crippen LogP contribution >= 0.6 is 0 Å². The van der Waals surface area contributed by atoms with E-state index in [0.717, 1.165) is 12.2 Å². The van der Waals surface area contributed by atoms with Gasteiger partial charge in [-0.1, -0.05) is 26.8 Å². The number of carbonyl (C=O) groups is 1. The van der Waals surface area contributed by atoms with Gasteiger partial charge in [0.25, 0.3) is 0 Å². The Morgan fingerprint density at radius 2 is 2.05 bits per heavy atom. The summed E-state index contributed by atoms with van der Waals surface area (Å²) in [4.78, 5) is 11.5. The molecule has 0 heterocycles. The lowest BCUT2D eigenvalue weighted by Crippen LogP contribution is -2.02. The minimum atomic E-state index is 0.0520. The highest BCUT2D eigenvalue weighted by atomic mass is 16.5. The summed E-state index contributed by atoms with van der Waals surface area (Å²) in [6.07, 6.45) is 7.16. The minimum absolute atomic E-state index is 0.0520. The average Bonchev–Trinajstić information content (AvgIpc) is 2.56. The van der Waals surface area contributed by atoms with E-state index in [1.807, 2.05) is 12.2 Å². The molecule has 0 aromatic rings. The Morgan fingerprint density at radius 3 is 2.63 bits per heavy atom. The van der Waals surface area contributed by atoms with Crippen LogP contribution in [-0.2, 0) is 14.3 Å². The van der Waals surface area contributed by atoms with Crippen LogP contribution in [0.15, 0.2) is 35.3 Å². The van der Waals surface area contributed by atoms with E-state index in [-0.39, 0.29) is 5.78 Å². The smallest absolute Gasteiger partial charge is 0.159 e. The zero-order valence-electron chi connectivity index (χ0n) is 12.4. The minimum Gasteiger partial charge on any atom is -0.497 e. The first-order valence-electron chi connectivity index (χ1n) is 6.91. The summed E-state index contributed by atoms with van der Waals surface area (Å²) in [6.45, 7) is 9.16. The SMILES string of the molecule is CCCOC1=CC(C(C)=O)=CCC(OCC(C)C)=C1. The Bertz CT molecular complexity index is 400. The molecule has 1 aliphatic carbocycles. The number of hydrogen-bond donors (Lipinski definition) is 0. The molecule has 0 fully saturated rings. The molecule has 19 heavy (non-hydrogen) atoms. The van der Waals surface area contributed by atoms with Gasteiger partial charge in [0, 0.05) is 18.1 Å². The van der Waals surface area contributed by atoms with Gasteiger partial charge in [-0.25, -0.2) is 0 Å². The molecular weight excluding hydrogens is 240 g/mol. The molecule has 0 radical (unpaired) electrons. The fourth-order valence-electron chi connectivity index (χ4n) is 1.60. The Balaban J connectivity index is 2.81. The van der Waals surface area contributed by atoms with Crippen molar-refractivity contribution in [2.45, 2.75) is 40.5 Å². The van der Waals surface area contributed by atoms with Crippen molar-refractivity contribution in [2.24, 2.45) is 5.92 Å². The first-order valence-corrected chi connectivity index (χ1v) is 6.91. The van der Waals surface area contributed by atoms with Gasteiger partial charge in [-0.2, -0.15) is 0 Å². The first kappa shape index (κ1) is 15.5. The highest BCUT2D eigenvalue weighted by Gasteiger charge is 2.11. The molecule has 1 aliphatic rings. The van der Waals surface area contributed by atoms with Gasteiger partial charge in [0.15, 0.2) is 5.78 Å². The standard InChI is InChI=1S/C16H24O3/c1-5-8-18-16-9-14(13(4)17)6-7-15(10-16)19-11-12(2)3/h6,9-10,12H,5,7-8,11H2,1-4H3. The van der Waals surface area contributed by atoms with Gasteiger partial charge in [-0.05, 0) is 25.3 Å². The summed E-state index contributed by atoms with van der Waals surface area (Å²) in [5, 5.41) is 0. The molecule has 0 atom stereocenters. The number of carbonyl (C=O) groups excluding carboxylic acids is 1. The number of Topliss-reactive ketones (excluding diaryl/α,β-unsaturated/α-hetero) is 1. The lowest BCUT2D eigenvalue weighted by molar-refractivity contribution is -0.113. The molecule has 0 amide bonds. The summed E-state index contributed by atoms with van der Waals surface area (Å²) in [6, 6.07) is 0. The second-order valence-corrected chi connectivity index (χ2v) is 5.13. The second kappa shape index (κ2) is 7.82. The molecule has 0 aliphatic heterocycles. The highest BCUT2D eigenvalue weighted by Crippen LogP contribution is 2.20. The third-order valence-electron chi connectivity index (χ3n) is 2.61. The molecule has 0 unspecified atom stereocenters. The molecular formula is C16H24O3. The van der Waals surface area contributed by atoms with Gasteiger partial charge >= 0.3 is 0 Å². The molecule has 1 rings (SSSR count). The summed E-state index contributed by atoms with van der Waals surface area (Å²) >= 11 is 0. The van der Waals surface area contributed by atoms with E-state index >= 15 is 0 Å². The fourth-order valence-corrected chi connectivity index (χ4v) is 1.60.